The van der Waals surface area contributed by atoms with Gasteiger partial charge in [-0.1, -0.05) is 0 Å². The van der Waals surface area contributed by atoms with Crippen molar-refractivity contribution < 1.29 is 18.3 Å². The molecule has 142 valence electrons. The standard InChI is InChI=1S/C18H20F2N2O2S.ClH/c1-21-13-8-10-22(11-9-13)17(23)16-7-6-15(25-16)12-2-4-14(5-3-12)24-18(19)20;/h2-7,13,18,21H,8-11H2,1H3;1H. The normalized spacial score (nSPS) is 15.0. The van der Waals surface area contributed by atoms with Crippen LogP contribution in [0, 0.1) is 0 Å². The lowest BCUT2D eigenvalue weighted by atomic mass is 10.1. The Labute approximate surface area is 161 Å². The molecule has 8 heteroatoms. The predicted molar refractivity (Wildman–Crippen MR) is 102 cm³/mol. The van der Waals surface area contributed by atoms with Crippen molar-refractivity contribution in [3.05, 3.63) is 41.3 Å². The lowest BCUT2D eigenvalue weighted by molar-refractivity contribution is -0.0498. The van der Waals surface area contributed by atoms with Crippen LogP contribution in [-0.4, -0.2) is 43.6 Å². The second-order valence-electron chi connectivity index (χ2n) is 5.92. The number of hydrogen-bond donors (Lipinski definition) is 1. The molecule has 0 atom stereocenters. The molecule has 1 aliphatic rings. The summed E-state index contributed by atoms with van der Waals surface area (Å²) in [4.78, 5) is 16.1. The van der Waals surface area contributed by atoms with Crippen molar-refractivity contribution in [1.82, 2.24) is 10.2 Å². The lowest BCUT2D eigenvalue weighted by Crippen LogP contribution is -2.43. The molecular weight excluding hydrogens is 382 g/mol. The summed E-state index contributed by atoms with van der Waals surface area (Å²) in [5, 5.41) is 3.25. The highest BCUT2D eigenvalue weighted by molar-refractivity contribution is 7.17. The van der Waals surface area contributed by atoms with Gasteiger partial charge in [0.25, 0.3) is 5.91 Å². The van der Waals surface area contributed by atoms with Gasteiger partial charge in [-0.05, 0) is 61.9 Å². The molecule has 4 nitrogen and oxygen atoms in total. The summed E-state index contributed by atoms with van der Waals surface area (Å²) in [7, 11) is 1.95. The van der Waals surface area contributed by atoms with Crippen molar-refractivity contribution in [2.45, 2.75) is 25.5 Å². The highest BCUT2D eigenvalue weighted by Gasteiger charge is 2.23. The molecule has 0 bridgehead atoms. The van der Waals surface area contributed by atoms with Gasteiger partial charge < -0.3 is 15.0 Å². The molecule has 3 rings (SSSR count). The van der Waals surface area contributed by atoms with E-state index in [1.54, 1.807) is 12.1 Å². The zero-order chi connectivity index (χ0) is 17.8. The Kier molecular flexibility index (Phi) is 7.37. The minimum Gasteiger partial charge on any atom is -0.435 e. The summed E-state index contributed by atoms with van der Waals surface area (Å²) in [5.41, 5.74) is 0.875. The number of halogens is 3. The summed E-state index contributed by atoms with van der Waals surface area (Å²) in [5.74, 6) is 0.183. The zero-order valence-corrected chi connectivity index (χ0v) is 15.9. The van der Waals surface area contributed by atoms with Crippen molar-refractivity contribution >= 4 is 29.7 Å². The van der Waals surface area contributed by atoms with Gasteiger partial charge in [0.05, 0.1) is 4.88 Å². The Bertz CT molecular complexity index is 716. The number of nitrogens with one attached hydrogen (secondary N) is 1. The van der Waals surface area contributed by atoms with E-state index in [4.69, 9.17) is 0 Å². The van der Waals surface area contributed by atoms with E-state index >= 15 is 0 Å². The summed E-state index contributed by atoms with van der Waals surface area (Å²) in [6, 6.07) is 10.7. The third-order valence-electron chi connectivity index (χ3n) is 4.37. The van der Waals surface area contributed by atoms with Gasteiger partial charge in [-0.15, -0.1) is 23.7 Å². The van der Waals surface area contributed by atoms with E-state index in [2.05, 4.69) is 10.1 Å². The van der Waals surface area contributed by atoms with Crippen molar-refractivity contribution in [3.63, 3.8) is 0 Å². The highest BCUT2D eigenvalue weighted by atomic mass is 35.5. The van der Waals surface area contributed by atoms with Crippen molar-refractivity contribution in [2.24, 2.45) is 0 Å². The second kappa shape index (κ2) is 9.30. The number of nitrogens with zero attached hydrogens (tertiary/aromatic N) is 1. The van der Waals surface area contributed by atoms with Gasteiger partial charge in [-0.25, -0.2) is 0 Å². The first kappa shape index (κ1) is 20.6. The summed E-state index contributed by atoms with van der Waals surface area (Å²) >= 11 is 1.42. The van der Waals surface area contributed by atoms with Gasteiger partial charge in [-0.2, -0.15) is 8.78 Å². The van der Waals surface area contributed by atoms with E-state index in [-0.39, 0.29) is 24.1 Å². The zero-order valence-electron chi connectivity index (χ0n) is 14.3. The van der Waals surface area contributed by atoms with Crippen LogP contribution in [0.3, 0.4) is 0 Å². The molecule has 1 saturated heterocycles. The second-order valence-corrected chi connectivity index (χ2v) is 7.01. The number of carbonyl (C=O) groups is 1. The van der Waals surface area contributed by atoms with Gasteiger partial charge in [0, 0.05) is 24.0 Å². The number of hydrogen-bond acceptors (Lipinski definition) is 4. The number of ether oxygens (including phenoxy) is 1. The number of alkyl halides is 2. The van der Waals surface area contributed by atoms with Crippen LogP contribution in [0.4, 0.5) is 8.78 Å². The molecule has 26 heavy (non-hydrogen) atoms. The number of likely N-dealkylation sites (tertiary alicyclic amines) is 1. The Hall–Kier alpha value is -1.70. The van der Waals surface area contributed by atoms with Crippen molar-refractivity contribution in [2.75, 3.05) is 20.1 Å². The van der Waals surface area contributed by atoms with Crippen LogP contribution in [0.25, 0.3) is 10.4 Å². The third kappa shape index (κ3) is 4.93. The first-order chi connectivity index (χ1) is 12.1. The number of piperidine rings is 1. The number of amides is 1. The first-order valence-corrected chi connectivity index (χ1v) is 9.00. The maximum absolute atomic E-state index is 12.6. The SMILES string of the molecule is CNC1CCN(C(=O)c2ccc(-c3ccc(OC(F)F)cc3)s2)CC1.Cl. The van der Waals surface area contributed by atoms with E-state index in [0.29, 0.717) is 10.9 Å². The Morgan fingerprint density at radius 3 is 2.42 bits per heavy atom. The van der Waals surface area contributed by atoms with Crippen LogP contribution in [0.2, 0.25) is 0 Å². The number of benzene rings is 1. The molecule has 0 spiro atoms. The smallest absolute Gasteiger partial charge is 0.387 e. The molecule has 0 saturated carbocycles. The van der Waals surface area contributed by atoms with Crippen LogP contribution in [0.15, 0.2) is 36.4 Å². The van der Waals surface area contributed by atoms with Crippen LogP contribution >= 0.6 is 23.7 Å². The summed E-state index contributed by atoms with van der Waals surface area (Å²) < 4.78 is 28.7. The molecule has 1 amide bonds. The van der Waals surface area contributed by atoms with Gasteiger partial charge >= 0.3 is 6.61 Å². The predicted octanol–water partition coefficient (Wildman–Crippen LogP) is 4.26. The fourth-order valence-corrected chi connectivity index (χ4v) is 3.92. The molecule has 2 heterocycles. The van der Waals surface area contributed by atoms with Gasteiger partial charge in [0.15, 0.2) is 0 Å². The number of thiophene rings is 1. The molecule has 1 fully saturated rings. The van der Waals surface area contributed by atoms with Crippen LogP contribution in [0.1, 0.15) is 22.5 Å². The number of rotatable bonds is 5. The molecule has 2 aromatic rings. The van der Waals surface area contributed by atoms with E-state index < -0.39 is 6.61 Å². The molecule has 1 aromatic carbocycles. The highest BCUT2D eigenvalue weighted by Crippen LogP contribution is 2.30. The largest absolute Gasteiger partial charge is 0.435 e. The monoisotopic (exact) mass is 402 g/mol. The van der Waals surface area contributed by atoms with Gasteiger partial charge in [0.2, 0.25) is 0 Å². The minimum absolute atomic E-state index is 0. The van der Waals surface area contributed by atoms with E-state index in [9.17, 15) is 13.6 Å². The van der Waals surface area contributed by atoms with Crippen LogP contribution < -0.4 is 10.1 Å². The quantitative estimate of drug-likeness (QED) is 0.812. The number of carbonyl (C=O) groups excluding carboxylic acids is 1. The fraction of sp³-hybridized carbons (Fsp3) is 0.389. The molecule has 1 aliphatic heterocycles. The third-order valence-corrected chi connectivity index (χ3v) is 5.49. The van der Waals surface area contributed by atoms with Crippen LogP contribution in [0.5, 0.6) is 5.75 Å². The maximum Gasteiger partial charge on any atom is 0.387 e. The average Bonchev–Trinajstić information content (AvgIpc) is 3.11. The molecule has 0 radical (unpaired) electrons. The molecule has 0 unspecified atom stereocenters. The summed E-state index contributed by atoms with van der Waals surface area (Å²) in [6.07, 6.45) is 1.93. The Morgan fingerprint density at radius 2 is 1.85 bits per heavy atom. The lowest BCUT2D eigenvalue weighted by Gasteiger charge is -2.31. The minimum atomic E-state index is -2.83. The Balaban J connectivity index is 0.00000243. The fourth-order valence-electron chi connectivity index (χ4n) is 2.94. The van der Waals surface area contributed by atoms with E-state index in [1.165, 1.54) is 23.5 Å². The van der Waals surface area contributed by atoms with Gasteiger partial charge in [0.1, 0.15) is 5.75 Å². The van der Waals surface area contributed by atoms with Crippen molar-refractivity contribution in [3.8, 4) is 16.2 Å². The van der Waals surface area contributed by atoms with E-state index in [1.807, 2.05) is 24.1 Å². The molecule has 0 aliphatic carbocycles. The van der Waals surface area contributed by atoms with E-state index in [0.717, 1.165) is 36.4 Å². The molecule has 1 aromatic heterocycles. The van der Waals surface area contributed by atoms with Gasteiger partial charge in [-0.3, -0.25) is 4.79 Å². The summed E-state index contributed by atoms with van der Waals surface area (Å²) in [6.45, 7) is -1.31. The van der Waals surface area contributed by atoms with Crippen molar-refractivity contribution in [1.29, 1.82) is 0 Å². The molecule has 1 N–H and O–H groups in total. The topological polar surface area (TPSA) is 41.6 Å². The average molecular weight is 403 g/mol. The first-order valence-electron chi connectivity index (χ1n) is 8.18. The molecular formula is C18H21ClF2N2O2S. The van der Waals surface area contributed by atoms with Crippen LogP contribution in [-0.2, 0) is 0 Å². The maximum atomic E-state index is 12.6. The Morgan fingerprint density at radius 1 is 1.19 bits per heavy atom.